The first kappa shape index (κ1) is 14.7. The summed E-state index contributed by atoms with van der Waals surface area (Å²) in [7, 11) is -3.23. The summed E-state index contributed by atoms with van der Waals surface area (Å²) in [4.78, 5) is 0.366. The van der Waals surface area contributed by atoms with Crippen LogP contribution in [0.3, 0.4) is 0 Å². The summed E-state index contributed by atoms with van der Waals surface area (Å²) in [5.74, 6) is 0.121. The van der Waals surface area contributed by atoms with Crippen molar-refractivity contribution in [1.82, 2.24) is 5.32 Å². The average Bonchev–Trinajstić information content (AvgIpc) is 2.26. The molecule has 0 heterocycles. The molecule has 1 rings (SSSR count). The van der Waals surface area contributed by atoms with E-state index >= 15 is 0 Å². The van der Waals surface area contributed by atoms with Gasteiger partial charge in [-0.2, -0.15) is 0 Å². The highest BCUT2D eigenvalue weighted by atomic mass is 79.9. The van der Waals surface area contributed by atoms with E-state index in [1.807, 2.05) is 13.0 Å². The van der Waals surface area contributed by atoms with Crippen molar-refractivity contribution in [3.63, 3.8) is 0 Å². The number of benzene rings is 1. The Kier molecular flexibility index (Phi) is 5.62. The van der Waals surface area contributed by atoms with Crippen molar-refractivity contribution in [3.05, 3.63) is 28.7 Å². The monoisotopic (exact) mass is 319 g/mol. The minimum Gasteiger partial charge on any atom is -0.313 e. The number of hydrogen-bond acceptors (Lipinski definition) is 3. The molecule has 0 radical (unpaired) electrons. The number of rotatable bonds is 6. The molecule has 17 heavy (non-hydrogen) atoms. The smallest absolute Gasteiger partial charge is 0.181 e. The van der Waals surface area contributed by atoms with Crippen molar-refractivity contribution in [3.8, 4) is 0 Å². The third-order valence-electron chi connectivity index (χ3n) is 2.38. The Morgan fingerprint density at radius 3 is 2.59 bits per heavy atom. The maximum Gasteiger partial charge on any atom is 0.181 e. The normalized spacial score (nSPS) is 13.6. The van der Waals surface area contributed by atoms with Crippen molar-refractivity contribution in [2.45, 2.75) is 31.2 Å². The Labute approximate surface area is 112 Å². The van der Waals surface area contributed by atoms with Gasteiger partial charge in [0.1, 0.15) is 0 Å². The fourth-order valence-corrected chi connectivity index (χ4v) is 4.20. The standard InChI is InChI=1S/C12H18BrNO2S/c1-3-8-14-10(2)9-17(15,16)12-7-5-4-6-11(12)13/h4-7,10,14H,3,8-9H2,1-2H3. The molecule has 3 nitrogen and oxygen atoms in total. The van der Waals surface area contributed by atoms with Crippen molar-refractivity contribution in [2.75, 3.05) is 12.3 Å². The van der Waals surface area contributed by atoms with Crippen LogP contribution in [0.1, 0.15) is 20.3 Å². The Hall–Kier alpha value is -0.390. The second-order valence-electron chi connectivity index (χ2n) is 4.07. The van der Waals surface area contributed by atoms with Crippen molar-refractivity contribution < 1.29 is 8.42 Å². The number of nitrogens with one attached hydrogen (secondary N) is 1. The predicted octanol–water partition coefficient (Wildman–Crippen LogP) is 2.61. The van der Waals surface area contributed by atoms with Crippen LogP contribution in [0, 0.1) is 0 Å². The first-order chi connectivity index (χ1) is 7.97. The molecule has 96 valence electrons. The van der Waals surface area contributed by atoms with Crippen LogP contribution in [0.4, 0.5) is 0 Å². The molecule has 0 aromatic heterocycles. The maximum atomic E-state index is 12.2. The van der Waals surface area contributed by atoms with Gasteiger partial charge >= 0.3 is 0 Å². The molecule has 0 amide bonds. The summed E-state index contributed by atoms with van der Waals surface area (Å²) in [6, 6.07) is 6.89. The van der Waals surface area contributed by atoms with E-state index in [1.54, 1.807) is 18.2 Å². The summed E-state index contributed by atoms with van der Waals surface area (Å²) < 4.78 is 24.9. The van der Waals surface area contributed by atoms with E-state index in [-0.39, 0.29) is 11.8 Å². The molecule has 1 aromatic rings. The SMILES string of the molecule is CCCNC(C)CS(=O)(=O)c1ccccc1Br. The lowest BCUT2D eigenvalue weighted by Gasteiger charge is -2.14. The molecule has 0 aliphatic carbocycles. The minimum atomic E-state index is -3.23. The number of halogens is 1. The van der Waals surface area contributed by atoms with E-state index < -0.39 is 9.84 Å². The molecule has 0 fully saturated rings. The third kappa shape index (κ3) is 4.41. The van der Waals surface area contributed by atoms with E-state index in [1.165, 1.54) is 0 Å². The Morgan fingerprint density at radius 2 is 2.00 bits per heavy atom. The lowest BCUT2D eigenvalue weighted by atomic mass is 10.3. The molecule has 0 aliphatic rings. The van der Waals surface area contributed by atoms with Gasteiger partial charge in [0.05, 0.1) is 10.6 Å². The van der Waals surface area contributed by atoms with Crippen LogP contribution >= 0.6 is 15.9 Å². The lowest BCUT2D eigenvalue weighted by molar-refractivity contribution is 0.555. The number of hydrogen-bond donors (Lipinski definition) is 1. The Morgan fingerprint density at radius 1 is 1.35 bits per heavy atom. The van der Waals surface area contributed by atoms with E-state index in [2.05, 4.69) is 28.2 Å². The van der Waals surface area contributed by atoms with Gasteiger partial charge in [0, 0.05) is 10.5 Å². The molecule has 0 aliphatic heterocycles. The molecular weight excluding hydrogens is 302 g/mol. The molecular formula is C12H18BrNO2S. The van der Waals surface area contributed by atoms with E-state index in [4.69, 9.17) is 0 Å². The first-order valence-electron chi connectivity index (χ1n) is 5.68. The zero-order chi connectivity index (χ0) is 12.9. The van der Waals surface area contributed by atoms with Crippen LogP contribution in [-0.2, 0) is 9.84 Å². The molecule has 1 unspecified atom stereocenters. The van der Waals surface area contributed by atoms with Crippen LogP contribution in [0.5, 0.6) is 0 Å². The maximum absolute atomic E-state index is 12.2. The van der Waals surface area contributed by atoms with Gasteiger partial charge in [-0.15, -0.1) is 0 Å². The van der Waals surface area contributed by atoms with Crippen LogP contribution in [0.25, 0.3) is 0 Å². The highest BCUT2D eigenvalue weighted by molar-refractivity contribution is 9.10. The van der Waals surface area contributed by atoms with Gasteiger partial charge in [-0.25, -0.2) is 8.42 Å². The molecule has 5 heteroatoms. The van der Waals surface area contributed by atoms with Gasteiger partial charge in [-0.1, -0.05) is 19.1 Å². The van der Waals surface area contributed by atoms with Gasteiger partial charge in [0.25, 0.3) is 0 Å². The van der Waals surface area contributed by atoms with E-state index in [0.717, 1.165) is 13.0 Å². The predicted molar refractivity (Wildman–Crippen MR) is 74.0 cm³/mol. The van der Waals surface area contributed by atoms with Crippen LogP contribution in [0.15, 0.2) is 33.6 Å². The molecule has 1 N–H and O–H groups in total. The summed E-state index contributed by atoms with van der Waals surface area (Å²) in [6.45, 7) is 4.79. The topological polar surface area (TPSA) is 46.2 Å². The summed E-state index contributed by atoms with van der Waals surface area (Å²) >= 11 is 3.28. The fourth-order valence-electron chi connectivity index (χ4n) is 1.57. The van der Waals surface area contributed by atoms with Gasteiger partial charge in [-0.3, -0.25) is 0 Å². The fraction of sp³-hybridized carbons (Fsp3) is 0.500. The minimum absolute atomic E-state index is 0.0351. The summed E-state index contributed by atoms with van der Waals surface area (Å²) in [6.07, 6.45) is 0.999. The quantitative estimate of drug-likeness (QED) is 0.876. The second-order valence-corrected chi connectivity index (χ2v) is 6.92. The zero-order valence-corrected chi connectivity index (χ0v) is 12.5. The van der Waals surface area contributed by atoms with Crippen molar-refractivity contribution in [1.29, 1.82) is 0 Å². The van der Waals surface area contributed by atoms with Crippen LogP contribution in [0.2, 0.25) is 0 Å². The summed E-state index contributed by atoms with van der Waals surface area (Å²) in [5.41, 5.74) is 0. The molecule has 0 saturated carbocycles. The molecule has 0 saturated heterocycles. The lowest BCUT2D eigenvalue weighted by Crippen LogP contribution is -2.33. The van der Waals surface area contributed by atoms with Crippen molar-refractivity contribution >= 4 is 25.8 Å². The summed E-state index contributed by atoms with van der Waals surface area (Å²) in [5, 5.41) is 3.18. The van der Waals surface area contributed by atoms with E-state index in [9.17, 15) is 8.42 Å². The van der Waals surface area contributed by atoms with Crippen LogP contribution in [-0.4, -0.2) is 26.8 Å². The van der Waals surface area contributed by atoms with Crippen LogP contribution < -0.4 is 5.32 Å². The van der Waals surface area contributed by atoms with Gasteiger partial charge in [0.2, 0.25) is 0 Å². The highest BCUT2D eigenvalue weighted by Gasteiger charge is 2.20. The molecule has 1 atom stereocenters. The Bertz CT molecular complexity index is 459. The molecule has 0 bridgehead atoms. The molecule has 1 aromatic carbocycles. The second kappa shape index (κ2) is 6.52. The van der Waals surface area contributed by atoms with E-state index in [0.29, 0.717) is 9.37 Å². The zero-order valence-electron chi connectivity index (χ0n) is 10.1. The third-order valence-corrected chi connectivity index (χ3v) is 5.30. The van der Waals surface area contributed by atoms with Crippen molar-refractivity contribution in [2.24, 2.45) is 0 Å². The van der Waals surface area contributed by atoms with Gasteiger partial charge < -0.3 is 5.32 Å². The van der Waals surface area contributed by atoms with Gasteiger partial charge in [-0.05, 0) is 48.0 Å². The largest absolute Gasteiger partial charge is 0.313 e. The Balaban J connectivity index is 2.79. The van der Waals surface area contributed by atoms with Gasteiger partial charge in [0.15, 0.2) is 9.84 Å². The average molecular weight is 320 g/mol. The first-order valence-corrected chi connectivity index (χ1v) is 8.12. The number of sulfone groups is 1. The highest BCUT2D eigenvalue weighted by Crippen LogP contribution is 2.22. The molecule has 0 spiro atoms.